The first-order chi connectivity index (χ1) is 14.1. The minimum Gasteiger partial charge on any atom is -0.447 e. The number of likely N-dealkylation sites (tertiary alicyclic amines) is 1. The van der Waals surface area contributed by atoms with Gasteiger partial charge in [-0.05, 0) is 54.8 Å². The van der Waals surface area contributed by atoms with Crippen LogP contribution in [0.15, 0.2) is 48.5 Å². The second kappa shape index (κ2) is 8.84. The molecule has 0 aromatic heterocycles. The fourth-order valence-electron chi connectivity index (χ4n) is 3.77. The van der Waals surface area contributed by atoms with Gasteiger partial charge < -0.3 is 10.1 Å². The number of carbonyl (C=O) groups excluding carboxylic acids is 2. The van der Waals surface area contributed by atoms with Gasteiger partial charge in [-0.1, -0.05) is 23.7 Å². The maximum Gasteiger partial charge on any atom is 0.414 e. The molecule has 2 aliphatic rings. The highest BCUT2D eigenvalue weighted by molar-refractivity contribution is 6.30. The van der Waals surface area contributed by atoms with Gasteiger partial charge >= 0.3 is 6.09 Å². The van der Waals surface area contributed by atoms with Crippen molar-refractivity contribution in [3.63, 3.8) is 0 Å². The Bertz CT molecular complexity index is 862. The van der Waals surface area contributed by atoms with Crippen molar-refractivity contribution in [2.75, 3.05) is 31.1 Å². The summed E-state index contributed by atoms with van der Waals surface area (Å²) in [6.45, 7) is 3.74. The van der Waals surface area contributed by atoms with E-state index in [0.29, 0.717) is 18.7 Å². The molecule has 0 spiro atoms. The third kappa shape index (κ3) is 4.89. The number of amides is 2. The van der Waals surface area contributed by atoms with Crippen LogP contribution in [-0.2, 0) is 11.3 Å². The summed E-state index contributed by atoms with van der Waals surface area (Å²) < 4.78 is 4.95. The van der Waals surface area contributed by atoms with Gasteiger partial charge in [0.25, 0.3) is 5.91 Å². The molecule has 6 nitrogen and oxygen atoms in total. The number of halogens is 1. The number of piperidine rings is 1. The van der Waals surface area contributed by atoms with Gasteiger partial charge in [0.1, 0.15) is 6.61 Å². The Hall–Kier alpha value is -2.57. The third-order valence-corrected chi connectivity index (χ3v) is 5.70. The number of cyclic esters (lactones) is 1. The van der Waals surface area contributed by atoms with E-state index < -0.39 is 0 Å². The van der Waals surface area contributed by atoms with Gasteiger partial charge in [0.05, 0.1) is 6.54 Å². The molecule has 2 aromatic carbocycles. The van der Waals surface area contributed by atoms with Crippen LogP contribution in [0, 0.1) is 0 Å². The van der Waals surface area contributed by atoms with E-state index in [1.54, 1.807) is 29.2 Å². The number of hydrogen-bond acceptors (Lipinski definition) is 4. The summed E-state index contributed by atoms with van der Waals surface area (Å²) in [7, 11) is 0. The number of carbonyl (C=O) groups is 2. The molecule has 1 N–H and O–H groups in total. The Balaban J connectivity index is 1.26. The van der Waals surface area contributed by atoms with Crippen molar-refractivity contribution in [3.8, 4) is 0 Å². The Morgan fingerprint density at radius 3 is 2.34 bits per heavy atom. The van der Waals surface area contributed by atoms with E-state index in [-0.39, 0.29) is 18.0 Å². The van der Waals surface area contributed by atoms with Crippen molar-refractivity contribution in [2.45, 2.75) is 25.4 Å². The lowest BCUT2D eigenvalue weighted by Gasteiger charge is -2.32. The zero-order valence-electron chi connectivity index (χ0n) is 16.1. The summed E-state index contributed by atoms with van der Waals surface area (Å²) in [6, 6.07) is 15.2. The number of nitrogens with zero attached hydrogens (tertiary/aromatic N) is 2. The summed E-state index contributed by atoms with van der Waals surface area (Å²) in [5.74, 6) is -0.0725. The summed E-state index contributed by atoms with van der Waals surface area (Å²) in [5.41, 5.74) is 2.60. The monoisotopic (exact) mass is 413 g/mol. The van der Waals surface area contributed by atoms with Crippen LogP contribution in [0.1, 0.15) is 28.8 Å². The lowest BCUT2D eigenvalue weighted by molar-refractivity contribution is 0.0909. The molecule has 2 aromatic rings. The van der Waals surface area contributed by atoms with E-state index in [2.05, 4.69) is 22.3 Å². The highest BCUT2D eigenvalue weighted by Crippen LogP contribution is 2.20. The number of anilines is 1. The molecule has 2 fully saturated rings. The highest BCUT2D eigenvalue weighted by atomic mass is 35.5. The first kappa shape index (κ1) is 19.7. The van der Waals surface area contributed by atoms with Gasteiger partial charge in [0, 0.05) is 41.9 Å². The molecule has 0 unspecified atom stereocenters. The number of nitrogens with one attached hydrogen (secondary N) is 1. The predicted molar refractivity (Wildman–Crippen MR) is 112 cm³/mol. The van der Waals surface area contributed by atoms with Crippen LogP contribution in [0.3, 0.4) is 0 Å². The second-order valence-electron chi connectivity index (χ2n) is 7.46. The van der Waals surface area contributed by atoms with Crippen LogP contribution in [0.25, 0.3) is 0 Å². The Morgan fingerprint density at radius 1 is 1.03 bits per heavy atom. The average molecular weight is 414 g/mol. The third-order valence-electron chi connectivity index (χ3n) is 5.44. The second-order valence-corrected chi connectivity index (χ2v) is 7.90. The summed E-state index contributed by atoms with van der Waals surface area (Å²) >= 11 is 5.94. The minimum atomic E-state index is -0.340. The van der Waals surface area contributed by atoms with Crippen LogP contribution in [0.5, 0.6) is 0 Å². The van der Waals surface area contributed by atoms with Crippen LogP contribution in [-0.4, -0.2) is 49.2 Å². The first-order valence-electron chi connectivity index (χ1n) is 9.90. The largest absolute Gasteiger partial charge is 0.447 e. The van der Waals surface area contributed by atoms with E-state index in [9.17, 15) is 9.59 Å². The number of rotatable bonds is 5. The standard InChI is InChI=1S/C22H24ClN3O3/c23-18-5-1-16(2-6-18)15-25-11-9-19(10-12-25)24-21(27)17-3-7-20(8-4-17)26-13-14-29-22(26)28/h1-8,19H,9-15H2,(H,24,27). The van der Waals surface area contributed by atoms with Gasteiger partial charge in [-0.2, -0.15) is 0 Å². The normalized spacial score (nSPS) is 18.0. The van der Waals surface area contributed by atoms with Crippen molar-refractivity contribution in [1.29, 1.82) is 0 Å². The summed E-state index contributed by atoms with van der Waals surface area (Å²) in [4.78, 5) is 28.2. The van der Waals surface area contributed by atoms with Gasteiger partial charge in [0.2, 0.25) is 0 Å². The van der Waals surface area contributed by atoms with E-state index in [1.807, 2.05) is 12.1 Å². The summed E-state index contributed by atoms with van der Waals surface area (Å²) in [5, 5.41) is 3.89. The number of benzene rings is 2. The van der Waals surface area contributed by atoms with Crippen LogP contribution >= 0.6 is 11.6 Å². The van der Waals surface area contributed by atoms with Crippen LogP contribution in [0.2, 0.25) is 5.02 Å². The quantitative estimate of drug-likeness (QED) is 0.812. The predicted octanol–water partition coefficient (Wildman–Crippen LogP) is 3.69. The molecule has 2 amide bonds. The zero-order chi connectivity index (χ0) is 20.2. The Morgan fingerprint density at radius 2 is 1.72 bits per heavy atom. The van der Waals surface area contributed by atoms with E-state index in [4.69, 9.17) is 16.3 Å². The molecular formula is C22H24ClN3O3. The molecule has 2 heterocycles. The molecule has 4 rings (SSSR count). The van der Waals surface area contributed by atoms with Gasteiger partial charge in [-0.15, -0.1) is 0 Å². The van der Waals surface area contributed by atoms with E-state index in [1.165, 1.54) is 5.56 Å². The zero-order valence-corrected chi connectivity index (χ0v) is 16.9. The van der Waals surface area contributed by atoms with Crippen LogP contribution < -0.4 is 10.2 Å². The van der Waals surface area contributed by atoms with Crippen molar-refractivity contribution < 1.29 is 14.3 Å². The maximum atomic E-state index is 12.6. The molecule has 2 saturated heterocycles. The van der Waals surface area contributed by atoms with Crippen molar-refractivity contribution in [2.24, 2.45) is 0 Å². The topological polar surface area (TPSA) is 61.9 Å². The average Bonchev–Trinajstić information content (AvgIpc) is 3.17. The van der Waals surface area contributed by atoms with Crippen molar-refractivity contribution in [3.05, 3.63) is 64.7 Å². The summed E-state index contributed by atoms with van der Waals surface area (Å²) in [6.07, 6.45) is 1.52. The molecule has 29 heavy (non-hydrogen) atoms. The molecule has 2 aliphatic heterocycles. The number of hydrogen-bond donors (Lipinski definition) is 1. The molecular weight excluding hydrogens is 390 g/mol. The minimum absolute atomic E-state index is 0.0725. The lowest BCUT2D eigenvalue weighted by atomic mass is 10.0. The number of ether oxygens (including phenoxy) is 1. The lowest BCUT2D eigenvalue weighted by Crippen LogP contribution is -2.44. The van der Waals surface area contributed by atoms with Gasteiger partial charge in [0.15, 0.2) is 0 Å². The SMILES string of the molecule is O=C(NC1CCN(Cc2ccc(Cl)cc2)CC1)c1ccc(N2CCOC2=O)cc1. The fourth-order valence-corrected chi connectivity index (χ4v) is 3.90. The molecule has 0 atom stereocenters. The van der Waals surface area contributed by atoms with Gasteiger partial charge in [-0.3, -0.25) is 14.6 Å². The molecule has 0 bridgehead atoms. The first-order valence-corrected chi connectivity index (χ1v) is 10.3. The Kier molecular flexibility index (Phi) is 6.02. The smallest absolute Gasteiger partial charge is 0.414 e. The maximum absolute atomic E-state index is 12.6. The highest BCUT2D eigenvalue weighted by Gasteiger charge is 2.24. The van der Waals surface area contributed by atoms with Crippen molar-refractivity contribution >= 4 is 29.3 Å². The molecule has 0 radical (unpaired) electrons. The van der Waals surface area contributed by atoms with Crippen molar-refractivity contribution in [1.82, 2.24) is 10.2 Å². The Labute approximate surface area is 175 Å². The fraction of sp³-hybridized carbons (Fsp3) is 0.364. The molecule has 0 aliphatic carbocycles. The van der Waals surface area contributed by atoms with E-state index >= 15 is 0 Å². The van der Waals surface area contributed by atoms with Crippen LogP contribution in [0.4, 0.5) is 10.5 Å². The van der Waals surface area contributed by atoms with Gasteiger partial charge in [-0.25, -0.2) is 4.79 Å². The molecule has 7 heteroatoms. The molecule has 152 valence electrons. The van der Waals surface area contributed by atoms with E-state index in [0.717, 1.165) is 43.2 Å². The molecule has 0 saturated carbocycles.